The van der Waals surface area contributed by atoms with Crippen molar-refractivity contribution in [3.05, 3.63) is 35.8 Å². The van der Waals surface area contributed by atoms with E-state index >= 15 is 0 Å². The molecule has 4 N–H and O–H groups in total. The third kappa shape index (κ3) is 7.82. The van der Waals surface area contributed by atoms with Gasteiger partial charge in [0.15, 0.2) is 11.6 Å². The molecule has 2 aromatic rings. The fraction of sp³-hybridized carbons (Fsp3) is 0.500. The summed E-state index contributed by atoms with van der Waals surface area (Å²) in [4.78, 5) is 15.7. The molecule has 8 nitrogen and oxygen atoms in total. The number of nitrogens with zero attached hydrogens (tertiary/aromatic N) is 3. The molecular weight excluding hydrogens is 481 g/mol. The van der Waals surface area contributed by atoms with E-state index in [4.69, 9.17) is 33.7 Å². The zero-order valence-electron chi connectivity index (χ0n) is 19.8. The summed E-state index contributed by atoms with van der Waals surface area (Å²) in [5.74, 6) is -0.682. The predicted octanol–water partition coefficient (Wildman–Crippen LogP) is 4.60. The van der Waals surface area contributed by atoms with Crippen LogP contribution in [0.4, 0.5) is 5.82 Å². The molecule has 0 aliphatic heterocycles. The number of aromatic hydroxyl groups is 1. The summed E-state index contributed by atoms with van der Waals surface area (Å²) in [5.41, 5.74) is 9.18. The lowest BCUT2D eigenvalue weighted by Gasteiger charge is -2.15. The minimum atomic E-state index is -1.16. The molecule has 33 heavy (non-hydrogen) atoms. The van der Waals surface area contributed by atoms with Gasteiger partial charge in [0.2, 0.25) is 0 Å². The summed E-state index contributed by atoms with van der Waals surface area (Å²) >= 11 is 11.4. The SMILES string of the molecule is C=C(C[C@H](N)C(Cl)Cl)C(=O)Nc1ncc(-c2c(C)nn(COCC[Si](C)(C)C)c2C)cc1O. The Labute approximate surface area is 206 Å². The van der Waals surface area contributed by atoms with Crippen molar-refractivity contribution >= 4 is 43.0 Å². The van der Waals surface area contributed by atoms with Crippen LogP contribution in [0.3, 0.4) is 0 Å². The molecule has 0 aromatic carbocycles. The molecule has 0 aliphatic carbocycles. The normalized spacial score (nSPS) is 12.8. The lowest BCUT2D eigenvalue weighted by Crippen LogP contribution is -2.30. The van der Waals surface area contributed by atoms with Crippen molar-refractivity contribution in [2.75, 3.05) is 11.9 Å². The number of aryl methyl sites for hydroxylation is 1. The minimum Gasteiger partial charge on any atom is -0.504 e. The van der Waals surface area contributed by atoms with E-state index in [-0.39, 0.29) is 23.6 Å². The van der Waals surface area contributed by atoms with Gasteiger partial charge in [-0.25, -0.2) is 9.67 Å². The largest absolute Gasteiger partial charge is 0.504 e. The summed E-state index contributed by atoms with van der Waals surface area (Å²) in [6.45, 7) is 15.5. The van der Waals surface area contributed by atoms with Crippen LogP contribution in [-0.4, -0.2) is 51.3 Å². The van der Waals surface area contributed by atoms with Gasteiger partial charge in [0.1, 0.15) is 11.6 Å². The topological polar surface area (TPSA) is 115 Å². The number of carbonyl (C=O) groups is 1. The first-order chi connectivity index (χ1) is 15.3. The number of ether oxygens (including phenoxy) is 1. The molecule has 1 atom stereocenters. The van der Waals surface area contributed by atoms with Gasteiger partial charge in [-0.05, 0) is 32.4 Å². The van der Waals surface area contributed by atoms with Gasteiger partial charge in [0.25, 0.3) is 5.91 Å². The maximum Gasteiger partial charge on any atom is 0.252 e. The molecule has 0 saturated carbocycles. The Balaban J connectivity index is 2.10. The van der Waals surface area contributed by atoms with Crippen LogP contribution in [0.5, 0.6) is 5.75 Å². The Morgan fingerprint density at radius 1 is 1.36 bits per heavy atom. The van der Waals surface area contributed by atoms with Gasteiger partial charge in [0.05, 0.1) is 5.69 Å². The molecule has 0 saturated heterocycles. The molecule has 11 heteroatoms. The Bertz CT molecular complexity index is 1000. The fourth-order valence-corrected chi connectivity index (χ4v) is 4.05. The van der Waals surface area contributed by atoms with Crippen molar-refractivity contribution < 1.29 is 14.6 Å². The Morgan fingerprint density at radius 3 is 2.61 bits per heavy atom. The Kier molecular flexibility index (Phi) is 9.51. The Morgan fingerprint density at radius 2 is 2.03 bits per heavy atom. The van der Waals surface area contributed by atoms with E-state index in [2.05, 4.69) is 41.6 Å². The second-order valence-electron chi connectivity index (χ2n) is 9.25. The number of halogens is 2. The van der Waals surface area contributed by atoms with Gasteiger partial charge >= 0.3 is 0 Å². The molecule has 0 bridgehead atoms. The molecule has 2 rings (SSSR count). The average molecular weight is 515 g/mol. The molecule has 0 spiro atoms. The maximum atomic E-state index is 12.3. The van der Waals surface area contributed by atoms with E-state index in [1.165, 1.54) is 6.07 Å². The van der Waals surface area contributed by atoms with Crippen LogP contribution in [0.2, 0.25) is 25.7 Å². The summed E-state index contributed by atoms with van der Waals surface area (Å²) in [6, 6.07) is 2.00. The highest BCUT2D eigenvalue weighted by atomic mass is 35.5. The van der Waals surface area contributed by atoms with Crippen molar-refractivity contribution in [3.8, 4) is 16.9 Å². The van der Waals surface area contributed by atoms with Gasteiger partial charge in [-0.1, -0.05) is 26.2 Å². The van der Waals surface area contributed by atoms with Gasteiger partial charge in [-0.2, -0.15) is 5.10 Å². The molecule has 0 fully saturated rings. The smallest absolute Gasteiger partial charge is 0.252 e. The summed E-state index contributed by atoms with van der Waals surface area (Å²) in [6.07, 6.45) is 1.69. The van der Waals surface area contributed by atoms with Crippen molar-refractivity contribution in [1.29, 1.82) is 0 Å². The van der Waals surface area contributed by atoms with Crippen LogP contribution in [0.1, 0.15) is 17.8 Å². The van der Waals surface area contributed by atoms with Crippen molar-refractivity contribution in [2.24, 2.45) is 5.73 Å². The van der Waals surface area contributed by atoms with E-state index in [0.717, 1.165) is 23.0 Å². The quantitative estimate of drug-likeness (QED) is 0.175. The molecule has 0 unspecified atom stereocenters. The number of amides is 1. The second-order valence-corrected chi connectivity index (χ2v) is 16.0. The van der Waals surface area contributed by atoms with E-state index in [1.807, 2.05) is 13.8 Å². The van der Waals surface area contributed by atoms with E-state index in [0.29, 0.717) is 18.9 Å². The summed E-state index contributed by atoms with van der Waals surface area (Å²) in [7, 11) is -1.16. The van der Waals surface area contributed by atoms with E-state index in [1.54, 1.807) is 10.9 Å². The number of nitrogens with one attached hydrogen (secondary N) is 1. The summed E-state index contributed by atoms with van der Waals surface area (Å²) in [5, 5.41) is 17.6. The van der Waals surface area contributed by atoms with E-state index < -0.39 is 24.9 Å². The number of nitrogens with two attached hydrogens (primary N) is 1. The van der Waals surface area contributed by atoms with Crippen molar-refractivity contribution in [1.82, 2.24) is 14.8 Å². The van der Waals surface area contributed by atoms with Crippen LogP contribution < -0.4 is 11.1 Å². The third-order valence-corrected chi connectivity index (χ3v) is 7.46. The zero-order chi connectivity index (χ0) is 24.9. The lowest BCUT2D eigenvalue weighted by molar-refractivity contribution is -0.113. The zero-order valence-corrected chi connectivity index (χ0v) is 22.3. The highest BCUT2D eigenvalue weighted by Crippen LogP contribution is 2.32. The minimum absolute atomic E-state index is 0.0177. The number of rotatable bonds is 11. The second kappa shape index (κ2) is 11.5. The van der Waals surface area contributed by atoms with Crippen LogP contribution in [-0.2, 0) is 16.3 Å². The van der Waals surface area contributed by atoms with Crippen LogP contribution >= 0.6 is 23.2 Å². The molecule has 0 radical (unpaired) electrons. The number of anilines is 1. The molecule has 0 aliphatic rings. The number of carbonyl (C=O) groups excluding carboxylic acids is 1. The number of hydrogen-bond donors (Lipinski definition) is 3. The fourth-order valence-electron chi connectivity index (χ4n) is 3.12. The molecule has 2 heterocycles. The highest BCUT2D eigenvalue weighted by Gasteiger charge is 2.20. The number of pyridine rings is 1. The van der Waals surface area contributed by atoms with Crippen molar-refractivity contribution in [2.45, 2.75) is 63.6 Å². The number of alkyl halides is 2. The standard InChI is InChI=1S/C22H33Cl2N5O3Si/c1-13(9-17(25)20(23)24)22(31)27-21-18(30)10-16(11-26-21)19-14(2)28-29(15(19)3)12-32-7-8-33(4,5)6/h10-11,17,20,30H,1,7-9,12,25H2,2-6H3,(H,26,27,31)/t17-/m0/s1. The predicted molar refractivity (Wildman–Crippen MR) is 137 cm³/mol. The van der Waals surface area contributed by atoms with Crippen molar-refractivity contribution in [3.63, 3.8) is 0 Å². The van der Waals surface area contributed by atoms with Crippen LogP contribution in [0.15, 0.2) is 24.4 Å². The molecule has 182 valence electrons. The molecule has 1 amide bonds. The van der Waals surface area contributed by atoms with Crippen LogP contribution in [0.25, 0.3) is 11.1 Å². The molecular formula is C22H33Cl2N5O3Si. The maximum absolute atomic E-state index is 12.3. The van der Waals surface area contributed by atoms with Gasteiger partial charge in [-0.15, -0.1) is 23.2 Å². The number of hydrogen-bond acceptors (Lipinski definition) is 6. The highest BCUT2D eigenvalue weighted by molar-refractivity contribution is 6.76. The monoisotopic (exact) mass is 513 g/mol. The van der Waals surface area contributed by atoms with Gasteiger partial charge in [-0.3, -0.25) is 4.79 Å². The third-order valence-electron chi connectivity index (χ3n) is 5.11. The summed E-state index contributed by atoms with van der Waals surface area (Å²) < 4.78 is 7.62. The first-order valence-corrected chi connectivity index (χ1v) is 15.2. The molecule has 2 aromatic heterocycles. The number of aromatic nitrogens is 3. The van der Waals surface area contributed by atoms with Crippen LogP contribution in [0, 0.1) is 13.8 Å². The average Bonchev–Trinajstić information content (AvgIpc) is 2.99. The lowest BCUT2D eigenvalue weighted by atomic mass is 10.1. The van der Waals surface area contributed by atoms with Gasteiger partial charge in [0, 0.05) is 49.3 Å². The first kappa shape index (κ1) is 27.3. The van der Waals surface area contributed by atoms with Gasteiger partial charge < -0.3 is 20.9 Å². The first-order valence-electron chi connectivity index (χ1n) is 10.6. The van der Waals surface area contributed by atoms with E-state index in [9.17, 15) is 9.90 Å². The Hall–Kier alpha value is -1.91.